The van der Waals surface area contributed by atoms with Crippen molar-refractivity contribution in [1.82, 2.24) is 14.7 Å². The molecule has 90 valence electrons. The minimum atomic E-state index is -0.188. The van der Waals surface area contributed by atoms with E-state index in [4.69, 9.17) is 5.11 Å². The number of hydrogen-bond acceptors (Lipinski definition) is 3. The number of carbonyl (C=O) groups excluding carboxylic acids is 1. The molecule has 1 aromatic rings. The van der Waals surface area contributed by atoms with Crippen molar-refractivity contribution in [2.75, 3.05) is 13.7 Å². The van der Waals surface area contributed by atoms with Crippen LogP contribution in [0.4, 0.5) is 0 Å². The van der Waals surface area contributed by atoms with E-state index in [2.05, 4.69) is 5.10 Å². The number of aliphatic hydroxyl groups is 1. The van der Waals surface area contributed by atoms with Gasteiger partial charge in [-0.25, -0.2) is 0 Å². The Morgan fingerprint density at radius 1 is 1.56 bits per heavy atom. The maximum Gasteiger partial charge on any atom is 0.257 e. The lowest BCUT2D eigenvalue weighted by Crippen LogP contribution is -2.37. The van der Waals surface area contributed by atoms with E-state index < -0.39 is 0 Å². The van der Waals surface area contributed by atoms with E-state index in [9.17, 15) is 4.79 Å². The molecule has 0 bridgehead atoms. The van der Waals surface area contributed by atoms with Gasteiger partial charge in [0.05, 0.1) is 23.9 Å². The summed E-state index contributed by atoms with van der Waals surface area (Å²) in [6.07, 6.45) is 0. The van der Waals surface area contributed by atoms with E-state index >= 15 is 0 Å². The molecule has 1 heterocycles. The Morgan fingerprint density at radius 3 is 2.50 bits per heavy atom. The average molecular weight is 225 g/mol. The summed E-state index contributed by atoms with van der Waals surface area (Å²) >= 11 is 0. The van der Waals surface area contributed by atoms with Gasteiger partial charge in [-0.3, -0.25) is 9.48 Å². The molecule has 16 heavy (non-hydrogen) atoms. The number of nitrogens with zero attached hydrogens (tertiary/aromatic N) is 3. The SMILES string of the molecule is Cc1nn(C)c(C)c1C(=O)N(C)C(C)CO. The molecule has 1 atom stereocenters. The first-order valence-electron chi connectivity index (χ1n) is 5.28. The smallest absolute Gasteiger partial charge is 0.257 e. The molecule has 5 heteroatoms. The number of carbonyl (C=O) groups is 1. The fraction of sp³-hybridized carbons (Fsp3) is 0.636. The van der Waals surface area contributed by atoms with Crippen molar-refractivity contribution in [2.24, 2.45) is 7.05 Å². The van der Waals surface area contributed by atoms with Crippen molar-refractivity contribution in [2.45, 2.75) is 26.8 Å². The molecule has 0 saturated carbocycles. The third kappa shape index (κ3) is 2.09. The fourth-order valence-corrected chi connectivity index (χ4v) is 1.58. The second-order valence-corrected chi connectivity index (χ2v) is 4.12. The van der Waals surface area contributed by atoms with Gasteiger partial charge < -0.3 is 10.0 Å². The number of rotatable bonds is 3. The highest BCUT2D eigenvalue weighted by Gasteiger charge is 2.23. The Hall–Kier alpha value is -1.36. The largest absolute Gasteiger partial charge is 0.394 e. The summed E-state index contributed by atoms with van der Waals surface area (Å²) in [6.45, 7) is 5.45. The van der Waals surface area contributed by atoms with Crippen LogP contribution in [0, 0.1) is 13.8 Å². The fourth-order valence-electron chi connectivity index (χ4n) is 1.58. The van der Waals surface area contributed by atoms with Crippen molar-refractivity contribution in [3.8, 4) is 0 Å². The van der Waals surface area contributed by atoms with Gasteiger partial charge in [-0.2, -0.15) is 5.10 Å². The molecule has 5 nitrogen and oxygen atoms in total. The van der Waals surface area contributed by atoms with Crippen molar-refractivity contribution in [1.29, 1.82) is 0 Å². The van der Waals surface area contributed by atoms with E-state index in [0.29, 0.717) is 5.56 Å². The second-order valence-electron chi connectivity index (χ2n) is 4.12. The Morgan fingerprint density at radius 2 is 2.12 bits per heavy atom. The number of aliphatic hydroxyl groups excluding tert-OH is 1. The molecule has 0 aliphatic heterocycles. The van der Waals surface area contributed by atoms with Gasteiger partial charge in [0.1, 0.15) is 0 Å². The summed E-state index contributed by atoms with van der Waals surface area (Å²) in [4.78, 5) is 13.7. The predicted octanol–water partition coefficient (Wildman–Crippen LogP) is 0.490. The number of likely N-dealkylation sites (N-methyl/N-ethyl adjacent to an activating group) is 1. The first kappa shape index (κ1) is 12.7. The molecular formula is C11H19N3O2. The maximum absolute atomic E-state index is 12.2. The number of aromatic nitrogens is 2. The minimum Gasteiger partial charge on any atom is -0.394 e. The van der Waals surface area contributed by atoms with Crippen LogP contribution < -0.4 is 0 Å². The molecule has 0 aliphatic carbocycles. The standard InChI is InChI=1S/C11H19N3O2/c1-7(6-15)13(4)11(16)10-8(2)12-14(5)9(10)3/h7,15H,6H2,1-5H3. The van der Waals surface area contributed by atoms with Crippen LogP contribution in [0.15, 0.2) is 0 Å². The second kappa shape index (κ2) is 4.65. The van der Waals surface area contributed by atoms with Gasteiger partial charge in [-0.05, 0) is 20.8 Å². The molecule has 0 aliphatic rings. The molecule has 1 rings (SSSR count). The van der Waals surface area contributed by atoms with Gasteiger partial charge in [0.2, 0.25) is 0 Å². The van der Waals surface area contributed by atoms with Crippen LogP contribution in [0.1, 0.15) is 28.7 Å². The van der Waals surface area contributed by atoms with Crippen molar-refractivity contribution >= 4 is 5.91 Å². The molecule has 1 unspecified atom stereocenters. The lowest BCUT2D eigenvalue weighted by Gasteiger charge is -2.23. The topological polar surface area (TPSA) is 58.4 Å². The molecule has 1 N–H and O–H groups in total. The quantitative estimate of drug-likeness (QED) is 0.814. The zero-order chi connectivity index (χ0) is 12.5. The zero-order valence-corrected chi connectivity index (χ0v) is 10.5. The molecule has 0 spiro atoms. The molecule has 1 amide bonds. The van der Waals surface area contributed by atoms with Crippen LogP contribution in [0.2, 0.25) is 0 Å². The van der Waals surface area contributed by atoms with Crippen LogP contribution in [0.3, 0.4) is 0 Å². The van der Waals surface area contributed by atoms with E-state index in [-0.39, 0.29) is 18.6 Å². The van der Waals surface area contributed by atoms with E-state index in [1.54, 1.807) is 18.7 Å². The summed E-state index contributed by atoms with van der Waals surface area (Å²) in [5.74, 6) is -0.0929. The summed E-state index contributed by atoms with van der Waals surface area (Å²) < 4.78 is 1.69. The molecule has 1 aromatic heterocycles. The van der Waals surface area contributed by atoms with Crippen molar-refractivity contribution in [3.05, 3.63) is 17.0 Å². The number of amides is 1. The molecule has 0 saturated heterocycles. The van der Waals surface area contributed by atoms with Gasteiger partial charge in [0, 0.05) is 19.8 Å². The van der Waals surface area contributed by atoms with Gasteiger partial charge >= 0.3 is 0 Å². The molecule has 0 aromatic carbocycles. The highest BCUT2D eigenvalue weighted by atomic mass is 16.3. The van der Waals surface area contributed by atoms with Crippen LogP contribution >= 0.6 is 0 Å². The third-order valence-electron chi connectivity index (χ3n) is 2.97. The number of hydrogen-bond donors (Lipinski definition) is 1. The predicted molar refractivity (Wildman–Crippen MR) is 61.3 cm³/mol. The summed E-state index contributed by atoms with van der Waals surface area (Å²) in [7, 11) is 3.50. The first-order chi connectivity index (χ1) is 7.40. The Bertz CT molecular complexity index is 398. The zero-order valence-electron chi connectivity index (χ0n) is 10.5. The number of aryl methyl sites for hydroxylation is 2. The van der Waals surface area contributed by atoms with Gasteiger partial charge in [0.25, 0.3) is 5.91 Å². The minimum absolute atomic E-state index is 0.0411. The van der Waals surface area contributed by atoms with E-state index in [1.807, 2.05) is 20.9 Å². The summed E-state index contributed by atoms with van der Waals surface area (Å²) in [5, 5.41) is 13.2. The van der Waals surface area contributed by atoms with Crippen LogP contribution in [-0.2, 0) is 7.05 Å². The first-order valence-corrected chi connectivity index (χ1v) is 5.28. The monoisotopic (exact) mass is 225 g/mol. The molecule has 0 radical (unpaired) electrons. The maximum atomic E-state index is 12.2. The normalized spacial score (nSPS) is 12.6. The summed E-state index contributed by atoms with van der Waals surface area (Å²) in [5.41, 5.74) is 2.20. The van der Waals surface area contributed by atoms with Gasteiger partial charge in [-0.15, -0.1) is 0 Å². The van der Waals surface area contributed by atoms with Crippen LogP contribution in [0.25, 0.3) is 0 Å². The Balaban J connectivity index is 3.05. The molecular weight excluding hydrogens is 206 g/mol. The van der Waals surface area contributed by atoms with Crippen LogP contribution in [-0.4, -0.2) is 45.4 Å². The van der Waals surface area contributed by atoms with Crippen LogP contribution in [0.5, 0.6) is 0 Å². The highest BCUT2D eigenvalue weighted by Crippen LogP contribution is 2.15. The third-order valence-corrected chi connectivity index (χ3v) is 2.97. The Labute approximate surface area is 95.7 Å². The van der Waals surface area contributed by atoms with Crippen molar-refractivity contribution in [3.63, 3.8) is 0 Å². The molecule has 0 fully saturated rings. The van der Waals surface area contributed by atoms with Gasteiger partial charge in [-0.1, -0.05) is 0 Å². The Kier molecular flexibility index (Phi) is 3.70. The lowest BCUT2D eigenvalue weighted by molar-refractivity contribution is 0.0680. The summed E-state index contributed by atoms with van der Waals surface area (Å²) in [6, 6.07) is -0.188. The van der Waals surface area contributed by atoms with Crippen molar-refractivity contribution < 1.29 is 9.90 Å². The highest BCUT2D eigenvalue weighted by molar-refractivity contribution is 5.96. The average Bonchev–Trinajstić information content (AvgIpc) is 2.50. The van der Waals surface area contributed by atoms with E-state index in [1.165, 1.54) is 4.90 Å². The van der Waals surface area contributed by atoms with E-state index in [0.717, 1.165) is 11.4 Å². The van der Waals surface area contributed by atoms with Gasteiger partial charge in [0.15, 0.2) is 0 Å². The lowest BCUT2D eigenvalue weighted by atomic mass is 10.1.